The number of carbonyl (C=O) groups excluding carboxylic acids is 2. The first-order chi connectivity index (χ1) is 11.2. The SMILES string of the molecule is CC(C)CC(=O)NC(C(=O)Nc1cccc(CC(=O)O)c1)C(C)C. The molecular weight excluding hydrogens is 308 g/mol. The lowest BCUT2D eigenvalue weighted by Crippen LogP contribution is -2.47. The molecule has 0 bridgehead atoms. The maximum atomic E-state index is 12.5. The molecule has 0 spiro atoms. The van der Waals surface area contributed by atoms with Crippen LogP contribution in [0.4, 0.5) is 5.69 Å². The lowest BCUT2D eigenvalue weighted by molar-refractivity contribution is -0.136. The van der Waals surface area contributed by atoms with Crippen molar-refractivity contribution in [3.8, 4) is 0 Å². The average molecular weight is 334 g/mol. The summed E-state index contributed by atoms with van der Waals surface area (Å²) in [4.78, 5) is 35.2. The minimum atomic E-state index is -0.931. The number of nitrogens with one attached hydrogen (secondary N) is 2. The third-order valence-electron chi connectivity index (χ3n) is 3.41. The third-order valence-corrected chi connectivity index (χ3v) is 3.41. The van der Waals surface area contributed by atoms with Gasteiger partial charge in [0.05, 0.1) is 6.42 Å². The van der Waals surface area contributed by atoms with Gasteiger partial charge in [-0.2, -0.15) is 0 Å². The van der Waals surface area contributed by atoms with Crippen LogP contribution in [0.25, 0.3) is 0 Å². The van der Waals surface area contributed by atoms with E-state index in [0.29, 0.717) is 17.7 Å². The Labute approximate surface area is 142 Å². The van der Waals surface area contributed by atoms with Crippen LogP contribution < -0.4 is 10.6 Å². The molecule has 24 heavy (non-hydrogen) atoms. The Morgan fingerprint density at radius 3 is 2.33 bits per heavy atom. The van der Waals surface area contributed by atoms with Crippen molar-refractivity contribution in [2.45, 2.75) is 46.6 Å². The lowest BCUT2D eigenvalue weighted by atomic mass is 10.0. The molecule has 0 aliphatic heterocycles. The van der Waals surface area contributed by atoms with Crippen LogP contribution in [-0.2, 0) is 20.8 Å². The van der Waals surface area contributed by atoms with E-state index in [1.54, 1.807) is 24.3 Å². The van der Waals surface area contributed by atoms with Crippen molar-refractivity contribution in [3.05, 3.63) is 29.8 Å². The number of hydrogen-bond acceptors (Lipinski definition) is 3. The number of hydrogen-bond donors (Lipinski definition) is 3. The fourth-order valence-corrected chi connectivity index (χ4v) is 2.29. The molecule has 3 N–H and O–H groups in total. The first-order valence-electron chi connectivity index (χ1n) is 8.10. The molecule has 0 fully saturated rings. The molecule has 0 aromatic heterocycles. The summed E-state index contributed by atoms with van der Waals surface area (Å²) in [6.07, 6.45) is 0.257. The number of benzene rings is 1. The molecule has 132 valence electrons. The number of rotatable bonds is 8. The van der Waals surface area contributed by atoms with Gasteiger partial charge < -0.3 is 15.7 Å². The van der Waals surface area contributed by atoms with E-state index in [4.69, 9.17) is 5.11 Å². The van der Waals surface area contributed by atoms with Gasteiger partial charge in [-0.1, -0.05) is 39.8 Å². The summed E-state index contributed by atoms with van der Waals surface area (Å²) < 4.78 is 0. The maximum absolute atomic E-state index is 12.5. The Morgan fingerprint density at radius 1 is 1.12 bits per heavy atom. The minimum Gasteiger partial charge on any atom is -0.481 e. The average Bonchev–Trinajstić information content (AvgIpc) is 2.43. The van der Waals surface area contributed by atoms with E-state index in [-0.39, 0.29) is 30.1 Å². The van der Waals surface area contributed by atoms with E-state index >= 15 is 0 Å². The molecule has 6 nitrogen and oxygen atoms in total. The van der Waals surface area contributed by atoms with Gasteiger partial charge in [-0.3, -0.25) is 14.4 Å². The fourth-order valence-electron chi connectivity index (χ4n) is 2.29. The number of carboxylic acid groups (broad SMARTS) is 1. The molecule has 1 atom stereocenters. The first-order valence-corrected chi connectivity index (χ1v) is 8.10. The minimum absolute atomic E-state index is 0.0664. The van der Waals surface area contributed by atoms with Crippen LogP contribution in [0.2, 0.25) is 0 Å². The topological polar surface area (TPSA) is 95.5 Å². The summed E-state index contributed by atoms with van der Waals surface area (Å²) in [5.41, 5.74) is 1.12. The highest BCUT2D eigenvalue weighted by Gasteiger charge is 2.24. The molecule has 0 heterocycles. The Hall–Kier alpha value is -2.37. The van der Waals surface area contributed by atoms with Crippen LogP contribution in [0.15, 0.2) is 24.3 Å². The highest BCUT2D eigenvalue weighted by Crippen LogP contribution is 2.13. The van der Waals surface area contributed by atoms with E-state index < -0.39 is 12.0 Å². The summed E-state index contributed by atoms with van der Waals surface area (Å²) in [6.45, 7) is 7.61. The second-order valence-corrected chi connectivity index (χ2v) is 6.65. The van der Waals surface area contributed by atoms with Crippen LogP contribution in [-0.4, -0.2) is 28.9 Å². The Kier molecular flexibility index (Phi) is 7.42. The van der Waals surface area contributed by atoms with E-state index in [9.17, 15) is 14.4 Å². The monoisotopic (exact) mass is 334 g/mol. The molecule has 0 aliphatic rings. The van der Waals surface area contributed by atoms with E-state index in [1.165, 1.54) is 0 Å². The van der Waals surface area contributed by atoms with Crippen molar-refractivity contribution >= 4 is 23.5 Å². The molecular formula is C18H26N2O4. The van der Waals surface area contributed by atoms with Gasteiger partial charge in [0, 0.05) is 12.1 Å². The molecule has 1 aromatic carbocycles. The highest BCUT2D eigenvalue weighted by molar-refractivity contribution is 5.97. The van der Waals surface area contributed by atoms with Crippen molar-refractivity contribution in [3.63, 3.8) is 0 Å². The molecule has 0 saturated heterocycles. The van der Waals surface area contributed by atoms with Crippen molar-refractivity contribution in [1.29, 1.82) is 0 Å². The molecule has 1 aromatic rings. The standard InChI is InChI=1S/C18H26N2O4/c1-11(2)8-15(21)20-17(12(3)4)18(24)19-14-7-5-6-13(9-14)10-16(22)23/h5-7,9,11-12,17H,8,10H2,1-4H3,(H,19,24)(H,20,21)(H,22,23). The Bertz CT molecular complexity index is 596. The quantitative estimate of drug-likeness (QED) is 0.680. The zero-order chi connectivity index (χ0) is 18.3. The second-order valence-electron chi connectivity index (χ2n) is 6.65. The van der Waals surface area contributed by atoms with Crippen LogP contribution in [0, 0.1) is 11.8 Å². The summed E-state index contributed by atoms with van der Waals surface area (Å²) in [5, 5.41) is 14.4. The summed E-state index contributed by atoms with van der Waals surface area (Å²) in [7, 11) is 0. The summed E-state index contributed by atoms with van der Waals surface area (Å²) in [5.74, 6) is -1.25. The van der Waals surface area contributed by atoms with E-state index in [2.05, 4.69) is 10.6 Å². The Morgan fingerprint density at radius 2 is 1.79 bits per heavy atom. The number of amides is 2. The number of carbonyl (C=O) groups is 3. The van der Waals surface area contributed by atoms with E-state index in [1.807, 2.05) is 27.7 Å². The molecule has 0 radical (unpaired) electrons. The van der Waals surface area contributed by atoms with Gasteiger partial charge in [0.2, 0.25) is 11.8 Å². The van der Waals surface area contributed by atoms with Crippen LogP contribution >= 0.6 is 0 Å². The molecule has 0 aliphatic carbocycles. The smallest absolute Gasteiger partial charge is 0.307 e. The predicted molar refractivity (Wildman–Crippen MR) is 92.6 cm³/mol. The van der Waals surface area contributed by atoms with Crippen molar-refractivity contribution in [1.82, 2.24) is 5.32 Å². The second kappa shape index (κ2) is 9.05. The van der Waals surface area contributed by atoms with Crippen LogP contribution in [0.3, 0.4) is 0 Å². The summed E-state index contributed by atoms with van der Waals surface area (Å²) >= 11 is 0. The molecule has 1 unspecified atom stereocenters. The van der Waals surface area contributed by atoms with Crippen LogP contribution in [0.1, 0.15) is 39.7 Å². The largest absolute Gasteiger partial charge is 0.481 e. The number of carboxylic acids is 1. The first kappa shape index (κ1) is 19.7. The highest BCUT2D eigenvalue weighted by atomic mass is 16.4. The number of aliphatic carboxylic acids is 1. The van der Waals surface area contributed by atoms with Crippen LogP contribution in [0.5, 0.6) is 0 Å². The summed E-state index contributed by atoms with van der Waals surface area (Å²) in [6, 6.07) is 6.05. The van der Waals surface area contributed by atoms with Crippen molar-refractivity contribution in [2.75, 3.05) is 5.32 Å². The predicted octanol–water partition coefficient (Wildman–Crippen LogP) is 2.44. The van der Waals surface area contributed by atoms with Gasteiger partial charge in [-0.25, -0.2) is 0 Å². The molecule has 2 amide bonds. The van der Waals surface area contributed by atoms with Gasteiger partial charge in [0.25, 0.3) is 0 Å². The van der Waals surface area contributed by atoms with Gasteiger partial charge >= 0.3 is 5.97 Å². The zero-order valence-corrected chi connectivity index (χ0v) is 14.6. The zero-order valence-electron chi connectivity index (χ0n) is 14.6. The lowest BCUT2D eigenvalue weighted by Gasteiger charge is -2.22. The molecule has 1 rings (SSSR count). The van der Waals surface area contributed by atoms with Crippen molar-refractivity contribution in [2.24, 2.45) is 11.8 Å². The van der Waals surface area contributed by atoms with Gasteiger partial charge in [-0.05, 0) is 29.5 Å². The normalized spacial score (nSPS) is 12.1. The number of anilines is 1. The molecule has 0 saturated carbocycles. The molecule has 6 heteroatoms. The van der Waals surface area contributed by atoms with Gasteiger partial charge in [0.1, 0.15) is 6.04 Å². The third kappa shape index (κ3) is 6.81. The van der Waals surface area contributed by atoms with Gasteiger partial charge in [-0.15, -0.1) is 0 Å². The fraction of sp³-hybridized carbons (Fsp3) is 0.500. The van der Waals surface area contributed by atoms with E-state index in [0.717, 1.165) is 0 Å². The Balaban J connectivity index is 2.78. The maximum Gasteiger partial charge on any atom is 0.307 e. The van der Waals surface area contributed by atoms with Gasteiger partial charge in [0.15, 0.2) is 0 Å². The van der Waals surface area contributed by atoms with Crippen molar-refractivity contribution < 1.29 is 19.5 Å².